The summed E-state index contributed by atoms with van der Waals surface area (Å²) in [6, 6.07) is 0. The van der Waals surface area contributed by atoms with Crippen molar-refractivity contribution < 1.29 is 9.90 Å². The number of aromatic nitrogens is 3. The maximum Gasteiger partial charge on any atom is 0.309 e. The Bertz CT molecular complexity index is 436. The fourth-order valence-corrected chi connectivity index (χ4v) is 2.89. The summed E-state index contributed by atoms with van der Waals surface area (Å²) in [6.07, 6.45) is 5.08. The molecule has 1 aliphatic heterocycles. The highest BCUT2D eigenvalue weighted by atomic mass is 16.4. The van der Waals surface area contributed by atoms with E-state index < -0.39 is 11.4 Å². The van der Waals surface area contributed by atoms with Crippen LogP contribution in [0, 0.1) is 5.41 Å². The topological polar surface area (TPSA) is 71.2 Å². The van der Waals surface area contributed by atoms with E-state index in [0.29, 0.717) is 0 Å². The molecule has 1 aromatic rings. The van der Waals surface area contributed by atoms with Crippen molar-refractivity contribution in [3.05, 3.63) is 11.9 Å². The SMILES string of the molecule is CCCC1(C(=O)O)CCN(Cc2cn(C)nn2)CC1. The minimum absolute atomic E-state index is 0.506. The third-order valence-corrected chi connectivity index (χ3v) is 4.03. The number of aliphatic carboxylic acids is 1. The number of nitrogens with zero attached hydrogens (tertiary/aromatic N) is 4. The highest BCUT2D eigenvalue weighted by molar-refractivity contribution is 5.74. The van der Waals surface area contributed by atoms with E-state index in [0.717, 1.165) is 51.0 Å². The Morgan fingerprint density at radius 3 is 2.63 bits per heavy atom. The van der Waals surface area contributed by atoms with Gasteiger partial charge in [-0.2, -0.15) is 0 Å². The van der Waals surface area contributed by atoms with Gasteiger partial charge in [-0.05, 0) is 32.4 Å². The van der Waals surface area contributed by atoms with Crippen LogP contribution in [0.5, 0.6) is 0 Å². The number of hydrogen-bond acceptors (Lipinski definition) is 4. The van der Waals surface area contributed by atoms with Crippen LogP contribution in [0.4, 0.5) is 0 Å². The summed E-state index contributed by atoms with van der Waals surface area (Å²) in [7, 11) is 1.85. The lowest BCUT2D eigenvalue weighted by molar-refractivity contribution is -0.152. The summed E-state index contributed by atoms with van der Waals surface area (Å²) in [5.74, 6) is -0.631. The van der Waals surface area contributed by atoms with Crippen molar-refractivity contribution in [2.24, 2.45) is 12.5 Å². The van der Waals surface area contributed by atoms with E-state index in [1.54, 1.807) is 4.68 Å². The molecule has 0 aromatic carbocycles. The molecule has 0 spiro atoms. The van der Waals surface area contributed by atoms with Gasteiger partial charge < -0.3 is 5.11 Å². The summed E-state index contributed by atoms with van der Waals surface area (Å²) >= 11 is 0. The molecule has 0 aliphatic carbocycles. The zero-order chi connectivity index (χ0) is 13.9. The van der Waals surface area contributed by atoms with Gasteiger partial charge in [-0.15, -0.1) is 5.10 Å². The molecule has 0 atom stereocenters. The molecule has 0 amide bonds. The molecule has 1 aliphatic rings. The third-order valence-electron chi connectivity index (χ3n) is 4.03. The number of hydrogen-bond donors (Lipinski definition) is 1. The van der Waals surface area contributed by atoms with Crippen LogP contribution in [0.25, 0.3) is 0 Å². The van der Waals surface area contributed by atoms with Crippen molar-refractivity contribution in [2.75, 3.05) is 13.1 Å². The van der Waals surface area contributed by atoms with Gasteiger partial charge in [0.25, 0.3) is 0 Å². The number of likely N-dealkylation sites (tertiary alicyclic amines) is 1. The highest BCUT2D eigenvalue weighted by Gasteiger charge is 2.40. The molecule has 6 heteroatoms. The van der Waals surface area contributed by atoms with E-state index in [9.17, 15) is 9.90 Å². The Labute approximate surface area is 113 Å². The predicted octanol–water partition coefficient (Wildman–Crippen LogP) is 1.28. The monoisotopic (exact) mass is 266 g/mol. The fraction of sp³-hybridized carbons (Fsp3) is 0.769. The number of piperidine rings is 1. The van der Waals surface area contributed by atoms with Crippen molar-refractivity contribution in [3.8, 4) is 0 Å². The van der Waals surface area contributed by atoms with E-state index >= 15 is 0 Å². The quantitative estimate of drug-likeness (QED) is 0.869. The van der Waals surface area contributed by atoms with Gasteiger partial charge in [0.1, 0.15) is 0 Å². The van der Waals surface area contributed by atoms with E-state index in [2.05, 4.69) is 22.1 Å². The first kappa shape index (κ1) is 14.0. The number of carbonyl (C=O) groups is 1. The molecule has 1 saturated heterocycles. The lowest BCUT2D eigenvalue weighted by atomic mass is 9.75. The van der Waals surface area contributed by atoms with Crippen LogP contribution in [-0.2, 0) is 18.4 Å². The first-order valence-corrected chi connectivity index (χ1v) is 6.87. The molecule has 0 bridgehead atoms. The Morgan fingerprint density at radius 1 is 1.47 bits per heavy atom. The molecule has 1 N–H and O–H groups in total. The average Bonchev–Trinajstić information content (AvgIpc) is 2.77. The molecular weight excluding hydrogens is 244 g/mol. The van der Waals surface area contributed by atoms with Crippen molar-refractivity contribution in [1.29, 1.82) is 0 Å². The van der Waals surface area contributed by atoms with Crippen molar-refractivity contribution in [1.82, 2.24) is 19.9 Å². The van der Waals surface area contributed by atoms with Gasteiger partial charge in [0.15, 0.2) is 0 Å². The third kappa shape index (κ3) is 3.12. The molecule has 1 aromatic heterocycles. The van der Waals surface area contributed by atoms with Gasteiger partial charge in [0.2, 0.25) is 0 Å². The van der Waals surface area contributed by atoms with Crippen molar-refractivity contribution in [3.63, 3.8) is 0 Å². The molecule has 0 unspecified atom stereocenters. The Morgan fingerprint density at radius 2 is 2.16 bits per heavy atom. The molecule has 0 saturated carbocycles. The summed E-state index contributed by atoms with van der Waals surface area (Å²) in [5, 5.41) is 17.4. The van der Waals surface area contributed by atoms with Crippen molar-refractivity contribution >= 4 is 5.97 Å². The normalized spacial score (nSPS) is 19.5. The Hall–Kier alpha value is -1.43. The first-order chi connectivity index (χ1) is 9.05. The zero-order valence-corrected chi connectivity index (χ0v) is 11.7. The second kappa shape index (κ2) is 5.69. The van der Waals surface area contributed by atoms with Crippen molar-refractivity contribution in [2.45, 2.75) is 39.2 Å². The lowest BCUT2D eigenvalue weighted by Crippen LogP contribution is -2.44. The number of carboxylic acids is 1. The number of carboxylic acid groups (broad SMARTS) is 1. The molecule has 1 fully saturated rings. The molecule has 6 nitrogen and oxygen atoms in total. The number of aryl methyl sites for hydroxylation is 1. The highest BCUT2D eigenvalue weighted by Crippen LogP contribution is 2.36. The number of rotatable bonds is 5. The Balaban J connectivity index is 1.92. The maximum atomic E-state index is 11.5. The second-order valence-electron chi connectivity index (χ2n) is 5.50. The minimum atomic E-state index is -0.631. The van der Waals surface area contributed by atoms with E-state index in [-0.39, 0.29) is 0 Å². The van der Waals surface area contributed by atoms with E-state index in [4.69, 9.17) is 0 Å². The van der Waals surface area contributed by atoms with Crippen LogP contribution in [0.15, 0.2) is 6.20 Å². The van der Waals surface area contributed by atoms with Gasteiger partial charge in [-0.25, -0.2) is 0 Å². The van der Waals surface area contributed by atoms with Crippen LogP contribution in [-0.4, -0.2) is 44.1 Å². The molecule has 2 rings (SSSR count). The van der Waals surface area contributed by atoms with Gasteiger partial charge in [-0.3, -0.25) is 14.4 Å². The smallest absolute Gasteiger partial charge is 0.309 e. The fourth-order valence-electron chi connectivity index (χ4n) is 2.89. The molecule has 19 heavy (non-hydrogen) atoms. The summed E-state index contributed by atoms with van der Waals surface area (Å²) in [4.78, 5) is 13.8. The van der Waals surface area contributed by atoms with Crippen LogP contribution in [0.1, 0.15) is 38.3 Å². The summed E-state index contributed by atoms with van der Waals surface area (Å²) < 4.78 is 1.69. The molecular formula is C13H22N4O2. The Kier molecular flexibility index (Phi) is 4.19. The van der Waals surface area contributed by atoms with Gasteiger partial charge in [0.05, 0.1) is 11.1 Å². The van der Waals surface area contributed by atoms with E-state index in [1.165, 1.54) is 0 Å². The van der Waals surface area contributed by atoms with Crippen LogP contribution >= 0.6 is 0 Å². The molecule has 2 heterocycles. The standard InChI is InChI=1S/C13H22N4O2/c1-3-4-13(12(18)19)5-7-17(8-6-13)10-11-9-16(2)15-14-11/h9H,3-8,10H2,1-2H3,(H,18,19). The zero-order valence-electron chi connectivity index (χ0n) is 11.7. The minimum Gasteiger partial charge on any atom is -0.481 e. The average molecular weight is 266 g/mol. The van der Waals surface area contributed by atoms with Gasteiger partial charge in [-0.1, -0.05) is 18.6 Å². The first-order valence-electron chi connectivity index (χ1n) is 6.87. The van der Waals surface area contributed by atoms with Gasteiger partial charge >= 0.3 is 5.97 Å². The molecule has 106 valence electrons. The molecule has 0 radical (unpaired) electrons. The van der Waals surface area contributed by atoms with Crippen LogP contribution in [0.3, 0.4) is 0 Å². The second-order valence-corrected chi connectivity index (χ2v) is 5.50. The predicted molar refractivity (Wildman–Crippen MR) is 70.5 cm³/mol. The van der Waals surface area contributed by atoms with Crippen LogP contribution < -0.4 is 0 Å². The lowest BCUT2D eigenvalue weighted by Gasteiger charge is -2.38. The largest absolute Gasteiger partial charge is 0.481 e. The van der Waals surface area contributed by atoms with E-state index in [1.807, 2.05) is 13.2 Å². The summed E-state index contributed by atoms with van der Waals surface area (Å²) in [6.45, 7) is 4.46. The van der Waals surface area contributed by atoms with Gasteiger partial charge in [0, 0.05) is 19.8 Å². The maximum absolute atomic E-state index is 11.5. The van der Waals surface area contributed by atoms with Crippen LogP contribution in [0.2, 0.25) is 0 Å². The summed E-state index contributed by atoms with van der Waals surface area (Å²) in [5.41, 5.74) is 0.439.